The summed E-state index contributed by atoms with van der Waals surface area (Å²) in [4.78, 5) is 22.9. The number of rotatable bonds is 2. The van der Waals surface area contributed by atoms with Crippen LogP contribution in [0.15, 0.2) is 0 Å². The Kier molecular flexibility index (Phi) is 6.12. The van der Waals surface area contributed by atoms with Crippen molar-refractivity contribution in [3.05, 3.63) is 0 Å². The molecule has 2 N–H and O–H groups in total. The Labute approximate surface area is 109 Å². The molecule has 5 heteroatoms. The minimum atomic E-state index is -0.833. The van der Waals surface area contributed by atoms with Crippen LogP contribution in [0.25, 0.3) is 0 Å². The molecule has 1 atom stereocenters. The van der Waals surface area contributed by atoms with E-state index in [4.69, 9.17) is 9.90 Å². The molecule has 0 bridgehead atoms. The second-order valence-electron chi connectivity index (χ2n) is 4.90. The number of carboxylic acids is 1. The third-order valence-corrected chi connectivity index (χ3v) is 3.55. The van der Waals surface area contributed by atoms with Crippen LogP contribution in [0.5, 0.6) is 0 Å². The zero-order valence-corrected chi connectivity index (χ0v) is 11.3. The number of carboxylic acid groups (broad SMARTS) is 1. The lowest BCUT2D eigenvalue weighted by molar-refractivity contribution is -0.134. The molecule has 2 heterocycles. The summed E-state index contributed by atoms with van der Waals surface area (Å²) in [7, 11) is 0. The van der Waals surface area contributed by atoms with E-state index in [1.807, 2.05) is 0 Å². The maximum Gasteiger partial charge on any atom is 0.300 e. The van der Waals surface area contributed by atoms with Crippen molar-refractivity contribution in [2.24, 2.45) is 0 Å². The lowest BCUT2D eigenvalue weighted by atomic mass is 10.0. The molecule has 0 aliphatic carbocycles. The van der Waals surface area contributed by atoms with E-state index in [1.165, 1.54) is 0 Å². The van der Waals surface area contributed by atoms with Gasteiger partial charge in [-0.25, -0.2) is 0 Å². The van der Waals surface area contributed by atoms with Gasteiger partial charge < -0.3 is 15.3 Å². The molecule has 104 valence electrons. The highest BCUT2D eigenvalue weighted by Gasteiger charge is 2.35. The van der Waals surface area contributed by atoms with E-state index in [-0.39, 0.29) is 0 Å². The van der Waals surface area contributed by atoms with Crippen LogP contribution in [0.4, 0.5) is 0 Å². The average molecular weight is 256 g/mol. The summed E-state index contributed by atoms with van der Waals surface area (Å²) in [5.74, 6) is -0.441. The Morgan fingerprint density at radius 3 is 2.44 bits per heavy atom. The van der Waals surface area contributed by atoms with Crippen LogP contribution < -0.4 is 5.32 Å². The first-order valence-corrected chi connectivity index (χ1v) is 6.77. The molecule has 0 saturated carbocycles. The molecule has 2 fully saturated rings. The van der Waals surface area contributed by atoms with Crippen molar-refractivity contribution >= 4 is 11.9 Å². The number of likely N-dealkylation sites (tertiary alicyclic amines) is 1. The Morgan fingerprint density at radius 2 is 1.94 bits per heavy atom. The fourth-order valence-electron chi connectivity index (χ4n) is 2.75. The zero-order valence-electron chi connectivity index (χ0n) is 11.3. The lowest BCUT2D eigenvalue weighted by Crippen LogP contribution is -2.47. The van der Waals surface area contributed by atoms with Crippen LogP contribution in [-0.4, -0.2) is 47.1 Å². The van der Waals surface area contributed by atoms with Crippen LogP contribution in [0.3, 0.4) is 0 Å². The fraction of sp³-hybridized carbons (Fsp3) is 0.846. The van der Waals surface area contributed by atoms with E-state index in [9.17, 15) is 4.79 Å². The Hall–Kier alpha value is -1.10. The first-order chi connectivity index (χ1) is 8.56. The van der Waals surface area contributed by atoms with E-state index in [2.05, 4.69) is 17.1 Å². The maximum atomic E-state index is 11.7. The van der Waals surface area contributed by atoms with Gasteiger partial charge in [-0.1, -0.05) is 6.92 Å². The minimum Gasteiger partial charge on any atom is -0.481 e. The van der Waals surface area contributed by atoms with Crippen LogP contribution in [-0.2, 0) is 9.59 Å². The molecular formula is C13H24N2O3. The number of nitrogens with zero attached hydrogens (tertiary/aromatic N) is 1. The molecule has 0 aromatic rings. The molecule has 2 aliphatic rings. The Morgan fingerprint density at radius 1 is 1.39 bits per heavy atom. The highest BCUT2D eigenvalue weighted by atomic mass is 16.4. The third kappa shape index (κ3) is 4.29. The summed E-state index contributed by atoms with van der Waals surface area (Å²) in [6.45, 7) is 5.42. The van der Waals surface area contributed by atoms with Gasteiger partial charge in [0, 0.05) is 25.4 Å². The van der Waals surface area contributed by atoms with Gasteiger partial charge in [-0.3, -0.25) is 9.59 Å². The highest BCUT2D eigenvalue weighted by Crippen LogP contribution is 2.27. The van der Waals surface area contributed by atoms with Crippen LogP contribution in [0, 0.1) is 0 Å². The summed E-state index contributed by atoms with van der Waals surface area (Å²) >= 11 is 0. The molecule has 5 nitrogen and oxygen atoms in total. The minimum absolute atomic E-state index is 0.392. The topological polar surface area (TPSA) is 69.6 Å². The fourth-order valence-corrected chi connectivity index (χ4v) is 2.75. The molecule has 0 radical (unpaired) electrons. The van der Waals surface area contributed by atoms with E-state index >= 15 is 0 Å². The predicted octanol–water partition coefficient (Wildman–Crippen LogP) is 1.23. The lowest BCUT2D eigenvalue weighted by Gasteiger charge is -2.35. The number of amides is 1. The summed E-state index contributed by atoms with van der Waals surface area (Å²) in [5, 5.41) is 10.8. The smallest absolute Gasteiger partial charge is 0.300 e. The third-order valence-electron chi connectivity index (χ3n) is 3.55. The van der Waals surface area contributed by atoms with Crippen molar-refractivity contribution in [3.8, 4) is 0 Å². The summed E-state index contributed by atoms with van der Waals surface area (Å²) in [6, 6.07) is 1.06. The van der Waals surface area contributed by atoms with Gasteiger partial charge in [-0.05, 0) is 38.8 Å². The van der Waals surface area contributed by atoms with E-state index in [0.29, 0.717) is 18.0 Å². The first-order valence-electron chi connectivity index (χ1n) is 6.77. The molecule has 2 saturated heterocycles. The normalized spacial score (nSPS) is 24.7. The Bertz CT molecular complexity index is 284. The van der Waals surface area contributed by atoms with Crippen molar-refractivity contribution in [1.29, 1.82) is 0 Å². The largest absolute Gasteiger partial charge is 0.481 e. The van der Waals surface area contributed by atoms with Crippen molar-refractivity contribution < 1.29 is 14.7 Å². The number of piperidine rings is 1. The van der Waals surface area contributed by atoms with Gasteiger partial charge in [0.1, 0.15) is 0 Å². The van der Waals surface area contributed by atoms with Gasteiger partial charge in [-0.2, -0.15) is 0 Å². The van der Waals surface area contributed by atoms with E-state index in [1.54, 1.807) is 0 Å². The van der Waals surface area contributed by atoms with E-state index < -0.39 is 5.97 Å². The summed E-state index contributed by atoms with van der Waals surface area (Å²) in [6.07, 6.45) is 5.27. The maximum absolute atomic E-state index is 11.7. The molecule has 0 aromatic heterocycles. The van der Waals surface area contributed by atoms with Crippen molar-refractivity contribution in [3.63, 3.8) is 0 Å². The second kappa shape index (κ2) is 7.36. The molecule has 1 amide bonds. The van der Waals surface area contributed by atoms with Gasteiger partial charge >= 0.3 is 0 Å². The summed E-state index contributed by atoms with van der Waals surface area (Å²) in [5.41, 5.74) is 0. The van der Waals surface area contributed by atoms with Gasteiger partial charge in [0.25, 0.3) is 5.97 Å². The number of hydrogen-bond acceptors (Lipinski definition) is 3. The molecule has 18 heavy (non-hydrogen) atoms. The highest BCUT2D eigenvalue weighted by molar-refractivity contribution is 5.79. The van der Waals surface area contributed by atoms with Crippen molar-refractivity contribution in [2.75, 3.05) is 13.1 Å². The molecule has 2 rings (SSSR count). The van der Waals surface area contributed by atoms with E-state index in [0.717, 1.165) is 52.1 Å². The standard InChI is InChI=1S/C11H20N2O.C2H4O2/c1-2-9-3-4-11(14)13(9)10-5-7-12-8-6-10;1-2(3)4/h9-10,12H,2-8H2,1H3;1H3,(H,3,4)/t9-;/m1./s1. The van der Waals surface area contributed by atoms with Gasteiger partial charge in [0.15, 0.2) is 0 Å². The monoisotopic (exact) mass is 256 g/mol. The van der Waals surface area contributed by atoms with Crippen LogP contribution >= 0.6 is 0 Å². The van der Waals surface area contributed by atoms with Crippen LogP contribution in [0.2, 0.25) is 0 Å². The Balaban J connectivity index is 0.000000357. The predicted molar refractivity (Wildman–Crippen MR) is 69.4 cm³/mol. The average Bonchev–Trinajstić information content (AvgIpc) is 2.71. The molecule has 2 aliphatic heterocycles. The molecular weight excluding hydrogens is 232 g/mol. The number of hydrogen-bond donors (Lipinski definition) is 2. The SMILES string of the molecule is CC(=O)O.CC[C@@H]1CCC(=O)N1C1CCNCC1. The number of carbonyl (C=O) groups is 2. The molecule has 0 spiro atoms. The quantitative estimate of drug-likeness (QED) is 0.779. The number of nitrogens with one attached hydrogen (secondary N) is 1. The van der Waals surface area contributed by atoms with Crippen LogP contribution in [0.1, 0.15) is 46.0 Å². The second-order valence-corrected chi connectivity index (χ2v) is 4.90. The number of carbonyl (C=O) groups excluding carboxylic acids is 1. The zero-order chi connectivity index (χ0) is 13.5. The van der Waals surface area contributed by atoms with Gasteiger partial charge in [0.2, 0.25) is 5.91 Å². The van der Waals surface area contributed by atoms with Crippen molar-refractivity contribution in [2.45, 2.75) is 58.0 Å². The van der Waals surface area contributed by atoms with Crippen molar-refractivity contribution in [1.82, 2.24) is 10.2 Å². The van der Waals surface area contributed by atoms with Gasteiger partial charge in [-0.15, -0.1) is 0 Å². The number of aliphatic carboxylic acids is 1. The summed E-state index contributed by atoms with van der Waals surface area (Å²) < 4.78 is 0. The molecule has 0 unspecified atom stereocenters. The molecule has 0 aromatic carbocycles. The first kappa shape index (κ1) is 15.0. The van der Waals surface area contributed by atoms with Gasteiger partial charge in [0.05, 0.1) is 0 Å².